The number of aromatic nitrogens is 1. The van der Waals surface area contributed by atoms with Gasteiger partial charge in [-0.15, -0.1) is 0 Å². The fourth-order valence-electron chi connectivity index (χ4n) is 4.43. The van der Waals surface area contributed by atoms with E-state index >= 15 is 0 Å². The van der Waals surface area contributed by atoms with Gasteiger partial charge in [-0.25, -0.2) is 0 Å². The average Bonchev–Trinajstić information content (AvgIpc) is 3.06. The van der Waals surface area contributed by atoms with E-state index in [-0.39, 0.29) is 5.60 Å². The lowest BCUT2D eigenvalue weighted by Gasteiger charge is -2.53. The van der Waals surface area contributed by atoms with Crippen LogP contribution in [0.3, 0.4) is 0 Å². The number of ether oxygens (including phenoxy) is 2. The van der Waals surface area contributed by atoms with Crippen LogP contribution in [0.1, 0.15) is 44.1 Å². The Hall–Kier alpha value is -0.970. The normalized spacial score (nSPS) is 28.1. The van der Waals surface area contributed by atoms with E-state index in [1.807, 2.05) is 18.5 Å². The molecule has 1 aliphatic carbocycles. The van der Waals surface area contributed by atoms with Crippen molar-refractivity contribution >= 4 is 0 Å². The van der Waals surface area contributed by atoms with Crippen LogP contribution in [0.5, 0.6) is 0 Å². The number of likely N-dealkylation sites (tertiary alicyclic amines) is 1. The second kappa shape index (κ2) is 6.88. The van der Waals surface area contributed by atoms with Crippen LogP contribution in [0.15, 0.2) is 24.5 Å². The van der Waals surface area contributed by atoms with Gasteiger partial charge in [0.15, 0.2) is 0 Å². The lowest BCUT2D eigenvalue weighted by Crippen LogP contribution is -2.65. The van der Waals surface area contributed by atoms with Crippen LogP contribution in [0.2, 0.25) is 0 Å². The maximum absolute atomic E-state index is 6.24. The molecular formula is C19H28N2O2. The van der Waals surface area contributed by atoms with Gasteiger partial charge in [0.05, 0.1) is 11.7 Å². The first-order chi connectivity index (χ1) is 11.3. The van der Waals surface area contributed by atoms with Gasteiger partial charge in [-0.3, -0.25) is 9.88 Å². The molecule has 3 heterocycles. The zero-order chi connectivity index (χ0) is 15.5. The quantitative estimate of drug-likeness (QED) is 0.836. The Balaban J connectivity index is 1.23. The third kappa shape index (κ3) is 3.76. The van der Waals surface area contributed by atoms with Crippen LogP contribution in [0.4, 0.5) is 0 Å². The minimum atomic E-state index is 0.0564. The minimum absolute atomic E-state index is 0.0564. The van der Waals surface area contributed by atoms with Crippen LogP contribution in [-0.4, -0.2) is 47.9 Å². The van der Waals surface area contributed by atoms with Crippen molar-refractivity contribution in [2.45, 2.75) is 56.8 Å². The molecule has 23 heavy (non-hydrogen) atoms. The second-order valence-corrected chi connectivity index (χ2v) is 7.64. The predicted molar refractivity (Wildman–Crippen MR) is 89.1 cm³/mol. The van der Waals surface area contributed by atoms with Gasteiger partial charge in [0.25, 0.3) is 0 Å². The van der Waals surface area contributed by atoms with Gasteiger partial charge >= 0.3 is 0 Å². The molecule has 0 aromatic carbocycles. The summed E-state index contributed by atoms with van der Waals surface area (Å²) >= 11 is 0. The molecule has 3 aliphatic rings. The minimum Gasteiger partial charge on any atom is -0.378 e. The number of hydrogen-bond acceptors (Lipinski definition) is 4. The van der Waals surface area contributed by atoms with E-state index in [2.05, 4.69) is 16.0 Å². The SMILES string of the molecule is c1cncc(CN2CC3(C[C@H](OCC4CCCC4)CCO3)C2)c1. The van der Waals surface area contributed by atoms with Crippen LogP contribution >= 0.6 is 0 Å². The predicted octanol–water partition coefficient (Wildman–Crippen LogP) is 3.02. The fourth-order valence-corrected chi connectivity index (χ4v) is 4.43. The highest BCUT2D eigenvalue weighted by Gasteiger charge is 2.47. The highest BCUT2D eigenvalue weighted by Crippen LogP contribution is 2.36. The highest BCUT2D eigenvalue weighted by molar-refractivity contribution is 5.11. The molecular weight excluding hydrogens is 288 g/mol. The fraction of sp³-hybridized carbons (Fsp3) is 0.737. The molecule has 0 unspecified atom stereocenters. The van der Waals surface area contributed by atoms with Gasteiger partial charge in [-0.1, -0.05) is 18.9 Å². The lowest BCUT2D eigenvalue weighted by molar-refractivity contribution is -0.200. The van der Waals surface area contributed by atoms with Gasteiger partial charge < -0.3 is 9.47 Å². The summed E-state index contributed by atoms with van der Waals surface area (Å²) in [7, 11) is 0. The summed E-state index contributed by atoms with van der Waals surface area (Å²) < 4.78 is 12.4. The van der Waals surface area contributed by atoms with Crippen LogP contribution < -0.4 is 0 Å². The molecule has 0 amide bonds. The molecule has 1 spiro atoms. The Kier molecular flexibility index (Phi) is 4.65. The molecule has 1 aromatic heterocycles. The van der Waals surface area contributed by atoms with E-state index in [0.717, 1.165) is 51.6 Å². The van der Waals surface area contributed by atoms with E-state index in [1.54, 1.807) is 0 Å². The molecule has 4 rings (SSSR count). The van der Waals surface area contributed by atoms with Crippen LogP contribution in [-0.2, 0) is 16.0 Å². The lowest BCUT2D eigenvalue weighted by atomic mass is 9.84. The maximum atomic E-state index is 6.24. The molecule has 4 nitrogen and oxygen atoms in total. The van der Waals surface area contributed by atoms with Crippen molar-refractivity contribution in [3.05, 3.63) is 30.1 Å². The number of rotatable bonds is 5. The molecule has 2 aliphatic heterocycles. The number of pyridine rings is 1. The Morgan fingerprint density at radius 2 is 2.13 bits per heavy atom. The van der Waals surface area contributed by atoms with E-state index in [1.165, 1.54) is 31.2 Å². The molecule has 1 saturated carbocycles. The standard InChI is InChI=1S/C19H28N2O2/c1-2-5-16(4-1)13-22-18-7-9-23-19(10-18)14-21(15-19)12-17-6-3-8-20-11-17/h3,6,8,11,16,18H,1-2,4-5,7,9-10,12-15H2/t18-/m1/s1. The Bertz CT molecular complexity index is 495. The van der Waals surface area contributed by atoms with Gasteiger partial charge in [0.1, 0.15) is 0 Å². The largest absolute Gasteiger partial charge is 0.378 e. The Labute approximate surface area is 139 Å². The van der Waals surface area contributed by atoms with Gasteiger partial charge in [0.2, 0.25) is 0 Å². The average molecular weight is 316 g/mol. The monoisotopic (exact) mass is 316 g/mol. The van der Waals surface area contributed by atoms with Gasteiger partial charge in [0, 0.05) is 51.7 Å². The smallest absolute Gasteiger partial charge is 0.0959 e. The summed E-state index contributed by atoms with van der Waals surface area (Å²) in [5.74, 6) is 0.817. The second-order valence-electron chi connectivity index (χ2n) is 7.64. The van der Waals surface area contributed by atoms with Crippen LogP contribution in [0, 0.1) is 5.92 Å². The Morgan fingerprint density at radius 1 is 1.26 bits per heavy atom. The van der Waals surface area contributed by atoms with Crippen molar-refractivity contribution in [3.63, 3.8) is 0 Å². The molecule has 0 radical (unpaired) electrons. The van der Waals surface area contributed by atoms with Crippen molar-refractivity contribution in [1.82, 2.24) is 9.88 Å². The molecule has 0 N–H and O–H groups in total. The first-order valence-electron chi connectivity index (χ1n) is 9.18. The van der Waals surface area contributed by atoms with E-state index < -0.39 is 0 Å². The molecule has 3 fully saturated rings. The summed E-state index contributed by atoms with van der Waals surface area (Å²) in [6.07, 6.45) is 11.9. The summed E-state index contributed by atoms with van der Waals surface area (Å²) in [6.45, 7) is 4.87. The highest BCUT2D eigenvalue weighted by atomic mass is 16.5. The van der Waals surface area contributed by atoms with Crippen molar-refractivity contribution in [1.29, 1.82) is 0 Å². The van der Waals surface area contributed by atoms with Crippen molar-refractivity contribution in [2.75, 3.05) is 26.3 Å². The first kappa shape index (κ1) is 15.6. The maximum Gasteiger partial charge on any atom is 0.0959 e. The van der Waals surface area contributed by atoms with Gasteiger partial charge in [-0.2, -0.15) is 0 Å². The van der Waals surface area contributed by atoms with Crippen molar-refractivity contribution < 1.29 is 9.47 Å². The van der Waals surface area contributed by atoms with E-state index in [4.69, 9.17) is 9.47 Å². The third-order valence-electron chi connectivity index (χ3n) is 5.64. The first-order valence-corrected chi connectivity index (χ1v) is 9.18. The molecule has 0 bridgehead atoms. The zero-order valence-corrected chi connectivity index (χ0v) is 14.0. The molecule has 1 aromatic rings. The van der Waals surface area contributed by atoms with Crippen molar-refractivity contribution in [3.8, 4) is 0 Å². The summed E-state index contributed by atoms with van der Waals surface area (Å²) in [6, 6.07) is 4.15. The zero-order valence-electron chi connectivity index (χ0n) is 14.0. The topological polar surface area (TPSA) is 34.6 Å². The number of hydrogen-bond donors (Lipinski definition) is 0. The van der Waals surface area contributed by atoms with Crippen molar-refractivity contribution in [2.24, 2.45) is 5.92 Å². The van der Waals surface area contributed by atoms with Gasteiger partial charge in [-0.05, 0) is 36.8 Å². The molecule has 2 saturated heterocycles. The van der Waals surface area contributed by atoms with E-state index in [9.17, 15) is 0 Å². The van der Waals surface area contributed by atoms with Crippen LogP contribution in [0.25, 0.3) is 0 Å². The molecule has 1 atom stereocenters. The summed E-state index contributed by atoms with van der Waals surface area (Å²) in [5, 5.41) is 0. The molecule has 126 valence electrons. The summed E-state index contributed by atoms with van der Waals surface area (Å²) in [5.41, 5.74) is 1.34. The molecule has 4 heteroatoms. The number of nitrogens with zero attached hydrogens (tertiary/aromatic N) is 2. The third-order valence-corrected chi connectivity index (χ3v) is 5.64. The summed E-state index contributed by atoms with van der Waals surface area (Å²) in [4.78, 5) is 6.65. The van der Waals surface area contributed by atoms with E-state index in [0.29, 0.717) is 6.10 Å². The Morgan fingerprint density at radius 3 is 2.91 bits per heavy atom.